The van der Waals surface area contributed by atoms with Crippen LogP contribution in [0.1, 0.15) is 19.4 Å². The molecule has 142 valence electrons. The highest BCUT2D eigenvalue weighted by atomic mass is 32.2. The van der Waals surface area contributed by atoms with Gasteiger partial charge in [-0.15, -0.1) is 10.2 Å². The van der Waals surface area contributed by atoms with Crippen LogP contribution in [0.4, 0.5) is 11.5 Å². The standard InChI is InChI=1S/C18H21N5O3S/c1-4-23(5-2)27(25,26)13-9-10-15(19-11-13)21-22-17-14-8-6-7-12(3)16(14)20-18(17)24/h6-11,20,24H,4-5H2,1-3H3. The molecular formula is C18H21N5O3S. The molecule has 0 aliphatic carbocycles. The van der Waals surface area contributed by atoms with E-state index in [4.69, 9.17) is 0 Å². The van der Waals surface area contributed by atoms with Gasteiger partial charge in [-0.1, -0.05) is 32.0 Å². The maximum Gasteiger partial charge on any atom is 0.244 e. The van der Waals surface area contributed by atoms with E-state index in [9.17, 15) is 13.5 Å². The zero-order valence-corrected chi connectivity index (χ0v) is 16.2. The van der Waals surface area contributed by atoms with Crippen LogP contribution >= 0.6 is 0 Å². The molecule has 2 N–H and O–H groups in total. The van der Waals surface area contributed by atoms with Crippen molar-refractivity contribution in [1.29, 1.82) is 0 Å². The maximum atomic E-state index is 12.5. The molecule has 0 saturated carbocycles. The van der Waals surface area contributed by atoms with Crippen molar-refractivity contribution in [2.75, 3.05) is 13.1 Å². The van der Waals surface area contributed by atoms with Gasteiger partial charge >= 0.3 is 0 Å². The molecule has 0 aliphatic heterocycles. The molecule has 27 heavy (non-hydrogen) atoms. The summed E-state index contributed by atoms with van der Waals surface area (Å²) in [5.74, 6) is 0.165. The van der Waals surface area contributed by atoms with Gasteiger partial charge < -0.3 is 10.1 Å². The van der Waals surface area contributed by atoms with Crippen molar-refractivity contribution in [1.82, 2.24) is 14.3 Å². The van der Waals surface area contributed by atoms with E-state index in [1.54, 1.807) is 13.8 Å². The number of para-hydroxylation sites is 1. The first-order valence-corrected chi connectivity index (χ1v) is 10.0. The number of nitrogens with zero attached hydrogens (tertiary/aromatic N) is 4. The fraction of sp³-hybridized carbons (Fsp3) is 0.278. The lowest BCUT2D eigenvalue weighted by atomic mass is 10.1. The zero-order valence-electron chi connectivity index (χ0n) is 15.3. The second-order valence-electron chi connectivity index (χ2n) is 5.96. The van der Waals surface area contributed by atoms with Crippen LogP contribution in [0.5, 0.6) is 5.88 Å². The molecule has 2 aromatic heterocycles. The van der Waals surface area contributed by atoms with Crippen LogP contribution in [-0.2, 0) is 10.0 Å². The van der Waals surface area contributed by atoms with Crippen LogP contribution in [0.2, 0.25) is 0 Å². The summed E-state index contributed by atoms with van der Waals surface area (Å²) in [5.41, 5.74) is 2.08. The van der Waals surface area contributed by atoms with Crippen LogP contribution < -0.4 is 0 Å². The first-order chi connectivity index (χ1) is 12.9. The zero-order chi connectivity index (χ0) is 19.6. The number of aryl methyl sites for hydroxylation is 1. The summed E-state index contributed by atoms with van der Waals surface area (Å²) in [4.78, 5) is 7.05. The van der Waals surface area contributed by atoms with E-state index in [1.165, 1.54) is 22.6 Å². The summed E-state index contributed by atoms with van der Waals surface area (Å²) >= 11 is 0. The Bertz CT molecular complexity index is 1080. The molecule has 0 saturated heterocycles. The molecule has 0 radical (unpaired) electrons. The SMILES string of the molecule is CCN(CC)S(=O)(=O)c1ccc(N=Nc2c(O)[nH]c3c(C)cccc23)nc1. The Hall–Kier alpha value is -2.78. The Morgan fingerprint density at radius 3 is 2.52 bits per heavy atom. The fourth-order valence-corrected chi connectivity index (χ4v) is 4.24. The average molecular weight is 387 g/mol. The normalized spacial score (nSPS) is 12.4. The monoisotopic (exact) mass is 387 g/mol. The number of nitrogens with one attached hydrogen (secondary N) is 1. The number of aromatic amines is 1. The van der Waals surface area contributed by atoms with Crippen LogP contribution in [0.3, 0.4) is 0 Å². The molecule has 0 fully saturated rings. The lowest BCUT2D eigenvalue weighted by Gasteiger charge is -2.17. The van der Waals surface area contributed by atoms with Crippen LogP contribution in [-0.4, -0.2) is 40.9 Å². The van der Waals surface area contributed by atoms with Gasteiger partial charge in [0.25, 0.3) is 0 Å². The number of hydrogen-bond acceptors (Lipinski definition) is 6. The summed E-state index contributed by atoms with van der Waals surface area (Å²) in [6.07, 6.45) is 1.27. The highest BCUT2D eigenvalue weighted by Gasteiger charge is 2.21. The van der Waals surface area contributed by atoms with Crippen LogP contribution in [0.15, 0.2) is 51.7 Å². The van der Waals surface area contributed by atoms with Crippen molar-refractivity contribution in [3.05, 3.63) is 42.1 Å². The fourth-order valence-electron chi connectivity index (χ4n) is 2.84. The molecule has 0 aliphatic rings. The quantitative estimate of drug-likeness (QED) is 0.622. The van der Waals surface area contributed by atoms with E-state index >= 15 is 0 Å². The molecule has 2 heterocycles. The minimum absolute atomic E-state index is 0.0798. The first-order valence-electron chi connectivity index (χ1n) is 8.56. The molecule has 8 nitrogen and oxygen atoms in total. The Morgan fingerprint density at radius 1 is 1.15 bits per heavy atom. The Morgan fingerprint density at radius 2 is 1.89 bits per heavy atom. The van der Waals surface area contributed by atoms with Gasteiger partial charge in [0.1, 0.15) is 4.90 Å². The molecule has 3 rings (SSSR count). The number of H-pyrrole nitrogens is 1. The molecule has 0 atom stereocenters. The minimum atomic E-state index is -3.56. The van der Waals surface area contributed by atoms with Crippen molar-refractivity contribution in [2.45, 2.75) is 25.7 Å². The second-order valence-corrected chi connectivity index (χ2v) is 7.90. The molecule has 3 aromatic rings. The molecular weight excluding hydrogens is 366 g/mol. The Labute approximate surface area is 157 Å². The number of hydrogen-bond donors (Lipinski definition) is 2. The molecule has 9 heteroatoms. The van der Waals surface area contributed by atoms with Gasteiger partial charge in [-0.2, -0.15) is 4.31 Å². The van der Waals surface area contributed by atoms with Gasteiger partial charge in [-0.3, -0.25) is 0 Å². The summed E-state index contributed by atoms with van der Waals surface area (Å²) in [6, 6.07) is 8.57. The number of rotatable bonds is 6. The maximum absolute atomic E-state index is 12.5. The molecule has 0 unspecified atom stereocenters. The first kappa shape index (κ1) is 19.0. The third-order valence-corrected chi connectivity index (χ3v) is 6.35. The van der Waals surface area contributed by atoms with Crippen molar-refractivity contribution < 1.29 is 13.5 Å². The highest BCUT2D eigenvalue weighted by molar-refractivity contribution is 7.89. The third-order valence-electron chi connectivity index (χ3n) is 4.31. The summed E-state index contributed by atoms with van der Waals surface area (Å²) < 4.78 is 26.3. The second kappa shape index (κ2) is 7.45. The largest absolute Gasteiger partial charge is 0.493 e. The van der Waals surface area contributed by atoms with Gasteiger partial charge in [0.15, 0.2) is 11.5 Å². The van der Waals surface area contributed by atoms with E-state index in [1.807, 2.05) is 25.1 Å². The number of azo groups is 1. The number of aromatic hydroxyl groups is 1. The number of sulfonamides is 1. The van der Waals surface area contributed by atoms with Gasteiger partial charge in [0, 0.05) is 24.7 Å². The van der Waals surface area contributed by atoms with Crippen molar-refractivity contribution in [2.24, 2.45) is 10.2 Å². The topological polar surface area (TPSA) is 111 Å². The number of pyridine rings is 1. The number of fused-ring (bicyclic) bond motifs is 1. The van der Waals surface area contributed by atoms with E-state index in [2.05, 4.69) is 20.2 Å². The lowest BCUT2D eigenvalue weighted by molar-refractivity contribution is 0.445. The van der Waals surface area contributed by atoms with Crippen molar-refractivity contribution >= 4 is 32.4 Å². The number of benzene rings is 1. The average Bonchev–Trinajstić information content (AvgIpc) is 2.98. The Kier molecular flexibility index (Phi) is 5.24. The van der Waals surface area contributed by atoms with Gasteiger partial charge in [0.2, 0.25) is 15.9 Å². The summed E-state index contributed by atoms with van der Waals surface area (Å²) in [5, 5.41) is 18.9. The Balaban J connectivity index is 1.90. The van der Waals surface area contributed by atoms with E-state index in [0.29, 0.717) is 18.8 Å². The molecule has 0 amide bonds. The third kappa shape index (κ3) is 3.56. The highest BCUT2D eigenvalue weighted by Crippen LogP contribution is 2.37. The molecule has 1 aromatic carbocycles. The molecule has 0 spiro atoms. The van der Waals surface area contributed by atoms with Crippen LogP contribution in [0, 0.1) is 6.92 Å². The number of aromatic nitrogens is 2. The van der Waals surface area contributed by atoms with E-state index < -0.39 is 10.0 Å². The van der Waals surface area contributed by atoms with E-state index in [-0.39, 0.29) is 16.6 Å². The smallest absolute Gasteiger partial charge is 0.244 e. The molecule has 0 bridgehead atoms. The van der Waals surface area contributed by atoms with Crippen molar-refractivity contribution in [3.63, 3.8) is 0 Å². The van der Waals surface area contributed by atoms with Crippen LogP contribution in [0.25, 0.3) is 10.9 Å². The lowest BCUT2D eigenvalue weighted by Crippen LogP contribution is -2.30. The van der Waals surface area contributed by atoms with Gasteiger partial charge in [-0.05, 0) is 24.6 Å². The minimum Gasteiger partial charge on any atom is -0.493 e. The van der Waals surface area contributed by atoms with E-state index in [0.717, 1.165) is 16.5 Å². The van der Waals surface area contributed by atoms with Gasteiger partial charge in [-0.25, -0.2) is 13.4 Å². The summed E-state index contributed by atoms with van der Waals surface area (Å²) in [6.45, 7) is 6.27. The predicted octanol–water partition coefficient (Wildman–Crippen LogP) is 4.02. The summed E-state index contributed by atoms with van der Waals surface area (Å²) in [7, 11) is -3.56. The van der Waals surface area contributed by atoms with Gasteiger partial charge in [0.05, 0.1) is 5.52 Å². The van der Waals surface area contributed by atoms with Crippen molar-refractivity contribution in [3.8, 4) is 5.88 Å². The predicted molar refractivity (Wildman–Crippen MR) is 103 cm³/mol.